The van der Waals surface area contributed by atoms with E-state index in [4.69, 9.17) is 11.6 Å². The van der Waals surface area contributed by atoms with Crippen molar-refractivity contribution in [2.75, 3.05) is 6.54 Å². The van der Waals surface area contributed by atoms with Crippen molar-refractivity contribution in [3.63, 3.8) is 0 Å². The van der Waals surface area contributed by atoms with Gasteiger partial charge >= 0.3 is 18.0 Å². The largest absolute Gasteiger partial charge is 0.420 e. The Morgan fingerprint density at radius 1 is 1.07 bits per heavy atom. The molecule has 3 aromatic heterocycles. The molecule has 0 unspecified atom stereocenters. The van der Waals surface area contributed by atoms with Crippen molar-refractivity contribution in [3.8, 4) is 17.2 Å². The molecule has 1 amide bonds. The van der Waals surface area contributed by atoms with Crippen LogP contribution >= 0.6 is 11.6 Å². The van der Waals surface area contributed by atoms with E-state index < -0.39 is 71.8 Å². The molecule has 3 N–H and O–H groups in total. The van der Waals surface area contributed by atoms with Crippen LogP contribution in [0, 0.1) is 0 Å². The molecular weight excluding hydrogens is 626 g/mol. The summed E-state index contributed by atoms with van der Waals surface area (Å²) in [5.74, 6) is -3.34. The molecule has 0 bridgehead atoms. The lowest BCUT2D eigenvalue weighted by atomic mass is 10.1. The molecule has 0 saturated heterocycles. The van der Waals surface area contributed by atoms with Gasteiger partial charge in [-0.2, -0.15) is 31.0 Å². The molecular formula is C25H23ClF6N8O4. The third-order valence-electron chi connectivity index (χ3n) is 5.88. The molecule has 12 nitrogen and oxygen atoms in total. The topological polar surface area (TPSA) is 153 Å². The second-order valence-corrected chi connectivity index (χ2v) is 10.5. The zero-order chi connectivity index (χ0) is 32.6. The fourth-order valence-corrected chi connectivity index (χ4v) is 3.94. The van der Waals surface area contributed by atoms with Crippen molar-refractivity contribution in [1.82, 2.24) is 39.4 Å². The van der Waals surface area contributed by atoms with E-state index in [-0.39, 0.29) is 23.0 Å². The number of benzene rings is 1. The molecule has 236 valence electrons. The van der Waals surface area contributed by atoms with Gasteiger partial charge in [0.1, 0.15) is 12.1 Å². The summed E-state index contributed by atoms with van der Waals surface area (Å²) in [7, 11) is 0. The van der Waals surface area contributed by atoms with E-state index in [2.05, 4.69) is 25.5 Å². The molecule has 0 spiro atoms. The summed E-state index contributed by atoms with van der Waals surface area (Å²) in [6.07, 6.45) is -11.9. The van der Waals surface area contributed by atoms with E-state index in [1.165, 1.54) is 38.1 Å². The van der Waals surface area contributed by atoms with Gasteiger partial charge in [0.25, 0.3) is 5.91 Å². The number of pyridine rings is 1. The fourth-order valence-electron chi connectivity index (χ4n) is 3.81. The predicted octanol–water partition coefficient (Wildman–Crippen LogP) is 2.83. The molecule has 0 saturated carbocycles. The number of aliphatic hydroxyl groups is 2. The zero-order valence-electron chi connectivity index (χ0n) is 22.7. The van der Waals surface area contributed by atoms with Crippen LogP contribution in [0.5, 0.6) is 0 Å². The Morgan fingerprint density at radius 3 is 2.32 bits per heavy atom. The summed E-state index contributed by atoms with van der Waals surface area (Å²) in [5.41, 5.74) is -3.70. The van der Waals surface area contributed by atoms with Crippen LogP contribution in [-0.2, 0) is 19.3 Å². The average molecular weight is 649 g/mol. The number of carbonyl (C=O) groups is 1. The minimum Gasteiger partial charge on any atom is -0.389 e. The number of carbonyl (C=O) groups excluding carboxylic acids is 1. The number of hydrogen-bond acceptors (Lipinski definition) is 8. The fraction of sp³-hybridized carbons (Fsp3) is 0.360. The van der Waals surface area contributed by atoms with Gasteiger partial charge in [0, 0.05) is 23.3 Å². The first kappa shape index (κ1) is 32.6. The minimum absolute atomic E-state index is 0.146. The van der Waals surface area contributed by atoms with Gasteiger partial charge in [0.2, 0.25) is 5.82 Å². The first-order valence-corrected chi connectivity index (χ1v) is 12.9. The average Bonchev–Trinajstić information content (AvgIpc) is 3.48. The van der Waals surface area contributed by atoms with Crippen LogP contribution < -0.4 is 11.0 Å². The third-order valence-corrected chi connectivity index (χ3v) is 6.13. The number of nitrogens with one attached hydrogen (secondary N) is 1. The van der Waals surface area contributed by atoms with Gasteiger partial charge in [-0.25, -0.2) is 19.4 Å². The maximum Gasteiger partial charge on any atom is 0.420 e. The lowest BCUT2D eigenvalue weighted by Crippen LogP contribution is -2.39. The number of rotatable bonds is 9. The van der Waals surface area contributed by atoms with Crippen molar-refractivity contribution >= 4 is 17.5 Å². The van der Waals surface area contributed by atoms with E-state index >= 15 is 0 Å². The monoisotopic (exact) mass is 648 g/mol. The lowest BCUT2D eigenvalue weighted by Gasteiger charge is -2.17. The van der Waals surface area contributed by atoms with Crippen molar-refractivity contribution in [3.05, 3.63) is 75.3 Å². The highest BCUT2D eigenvalue weighted by atomic mass is 35.5. The van der Waals surface area contributed by atoms with Gasteiger partial charge in [-0.1, -0.05) is 11.6 Å². The predicted molar refractivity (Wildman–Crippen MR) is 141 cm³/mol. The number of halogens is 7. The van der Waals surface area contributed by atoms with Crippen molar-refractivity contribution in [1.29, 1.82) is 0 Å². The maximum atomic E-state index is 13.8. The Bertz CT molecular complexity index is 1710. The molecule has 4 rings (SSSR count). The summed E-state index contributed by atoms with van der Waals surface area (Å²) in [6, 6.07) is 7.21. The van der Waals surface area contributed by atoms with Crippen molar-refractivity contribution in [2.24, 2.45) is 0 Å². The smallest absolute Gasteiger partial charge is 0.389 e. The summed E-state index contributed by atoms with van der Waals surface area (Å²) < 4.78 is 82.6. The molecule has 0 fully saturated rings. The molecule has 0 aliphatic rings. The Kier molecular flexibility index (Phi) is 8.90. The van der Waals surface area contributed by atoms with Gasteiger partial charge < -0.3 is 15.5 Å². The van der Waals surface area contributed by atoms with E-state index in [0.717, 1.165) is 12.3 Å². The van der Waals surface area contributed by atoms with Crippen LogP contribution in [0.2, 0.25) is 5.02 Å². The maximum absolute atomic E-state index is 13.8. The highest BCUT2D eigenvalue weighted by molar-refractivity contribution is 6.30. The van der Waals surface area contributed by atoms with Gasteiger partial charge in [-0.15, -0.1) is 10.2 Å². The van der Waals surface area contributed by atoms with Crippen LogP contribution in [0.1, 0.15) is 35.9 Å². The molecule has 4 aromatic rings. The number of amides is 1. The highest BCUT2D eigenvalue weighted by Crippen LogP contribution is 2.33. The van der Waals surface area contributed by atoms with Gasteiger partial charge in [-0.3, -0.25) is 9.36 Å². The number of aliphatic hydroxyl groups excluding tert-OH is 1. The molecule has 1 aromatic carbocycles. The van der Waals surface area contributed by atoms with E-state index in [9.17, 15) is 46.1 Å². The Balaban J connectivity index is 1.82. The van der Waals surface area contributed by atoms with Crippen LogP contribution in [0.25, 0.3) is 17.2 Å². The van der Waals surface area contributed by atoms with Crippen LogP contribution in [0.4, 0.5) is 26.3 Å². The molecule has 19 heteroatoms. The van der Waals surface area contributed by atoms with Gasteiger partial charge in [0.15, 0.2) is 23.6 Å². The van der Waals surface area contributed by atoms with Crippen LogP contribution in [0.15, 0.2) is 47.4 Å². The number of alkyl halides is 6. The highest BCUT2D eigenvalue weighted by Gasteiger charge is 2.40. The Labute approximate surface area is 248 Å². The molecule has 0 radical (unpaired) electrons. The third kappa shape index (κ3) is 7.43. The molecule has 1 atom stereocenters. The Morgan fingerprint density at radius 2 is 1.73 bits per heavy atom. The SMILES string of the molecule is CC(C)(O)CNC(=O)c1nc(Cn2nc(-c3ccc(Cl)cc3)n(C[C@H](O)C(F)(F)F)c2=O)nn1-c1ncccc1C(F)(F)F. The summed E-state index contributed by atoms with van der Waals surface area (Å²) in [4.78, 5) is 33.9. The van der Waals surface area contributed by atoms with E-state index in [0.29, 0.717) is 20.0 Å². The van der Waals surface area contributed by atoms with Crippen molar-refractivity contribution < 1.29 is 41.4 Å². The second-order valence-electron chi connectivity index (χ2n) is 10.1. The number of hydrogen-bond donors (Lipinski definition) is 3. The molecule has 44 heavy (non-hydrogen) atoms. The standard InChI is InChI=1S/C25H23ClF6N8O4/c1-23(2,44)12-34-21(42)20-35-17(36-40(20)19-15(24(27,28)29)4-3-9-33-19)11-39-22(43)38(10-16(41)25(30,31)32)18(37-39)13-5-7-14(26)8-6-13/h3-9,16,41,44H,10-12H2,1-2H3,(H,34,42)/t16-/m0/s1. The summed E-state index contributed by atoms with van der Waals surface area (Å²) in [6.45, 7) is 0.427. The quantitative estimate of drug-likeness (QED) is 0.234. The van der Waals surface area contributed by atoms with Crippen molar-refractivity contribution in [2.45, 2.75) is 51.0 Å². The summed E-state index contributed by atoms with van der Waals surface area (Å²) >= 11 is 5.88. The van der Waals surface area contributed by atoms with Gasteiger partial charge in [-0.05, 0) is 50.2 Å². The molecule has 0 aliphatic heterocycles. The lowest BCUT2D eigenvalue weighted by molar-refractivity contribution is -0.207. The molecule has 0 aliphatic carbocycles. The molecule has 3 heterocycles. The number of nitrogens with zero attached hydrogens (tertiary/aromatic N) is 7. The first-order chi connectivity index (χ1) is 20.3. The van der Waals surface area contributed by atoms with Gasteiger partial charge in [0.05, 0.1) is 12.1 Å². The van der Waals surface area contributed by atoms with Crippen LogP contribution in [-0.4, -0.2) is 74.6 Å². The first-order valence-electron chi connectivity index (χ1n) is 12.5. The summed E-state index contributed by atoms with van der Waals surface area (Å²) in [5, 5.41) is 30.2. The zero-order valence-corrected chi connectivity index (χ0v) is 23.5. The normalized spacial score (nSPS) is 13.2. The van der Waals surface area contributed by atoms with E-state index in [1.807, 2.05) is 0 Å². The number of aromatic nitrogens is 7. The van der Waals surface area contributed by atoms with E-state index in [1.54, 1.807) is 0 Å². The minimum atomic E-state index is -5.08. The van der Waals surface area contributed by atoms with Crippen LogP contribution in [0.3, 0.4) is 0 Å². The Hall–Kier alpha value is -4.29. The second kappa shape index (κ2) is 12.0.